The minimum Gasteiger partial charge on any atom is -0.350 e. The van der Waals surface area contributed by atoms with Gasteiger partial charge in [-0.2, -0.15) is 5.10 Å². The molecule has 150 valence electrons. The third-order valence-electron chi connectivity index (χ3n) is 4.31. The van der Waals surface area contributed by atoms with Gasteiger partial charge in [-0.25, -0.2) is 4.68 Å². The molecule has 0 spiro atoms. The van der Waals surface area contributed by atoms with Crippen LogP contribution < -0.4 is 10.6 Å². The summed E-state index contributed by atoms with van der Waals surface area (Å²) in [5.41, 5.74) is 2.54. The smallest absolute Gasteiger partial charge is 0.256 e. The molecule has 3 rings (SSSR count). The van der Waals surface area contributed by atoms with Crippen LogP contribution in [0.3, 0.4) is 0 Å². The van der Waals surface area contributed by atoms with Gasteiger partial charge in [0.15, 0.2) is 0 Å². The van der Waals surface area contributed by atoms with Crippen LogP contribution in [0.5, 0.6) is 0 Å². The van der Waals surface area contributed by atoms with Crippen molar-refractivity contribution in [2.75, 3.05) is 6.54 Å². The second-order valence-corrected chi connectivity index (χ2v) is 7.21. The molecular weight excluding hydrogens is 411 g/mol. The van der Waals surface area contributed by atoms with Crippen molar-refractivity contribution in [2.45, 2.75) is 20.0 Å². The third kappa shape index (κ3) is 5.37. The molecule has 0 atom stereocenters. The third-order valence-corrected chi connectivity index (χ3v) is 5.07. The Morgan fingerprint density at radius 2 is 1.69 bits per heavy atom. The fourth-order valence-corrected chi connectivity index (χ4v) is 3.33. The zero-order chi connectivity index (χ0) is 20.8. The molecule has 6 nitrogen and oxygen atoms in total. The zero-order valence-electron chi connectivity index (χ0n) is 15.8. The van der Waals surface area contributed by atoms with Crippen molar-refractivity contribution in [1.29, 1.82) is 0 Å². The maximum atomic E-state index is 12.5. The predicted octanol–water partition coefficient (Wildman–Crippen LogP) is 3.59. The predicted molar refractivity (Wildman–Crippen MR) is 113 cm³/mol. The van der Waals surface area contributed by atoms with Gasteiger partial charge in [0.1, 0.15) is 5.15 Å². The van der Waals surface area contributed by atoms with E-state index in [1.54, 1.807) is 13.0 Å². The molecule has 0 saturated carbocycles. The van der Waals surface area contributed by atoms with Crippen molar-refractivity contribution in [3.63, 3.8) is 0 Å². The molecule has 29 heavy (non-hydrogen) atoms. The molecule has 8 heteroatoms. The Morgan fingerprint density at radius 1 is 1.00 bits per heavy atom. The van der Waals surface area contributed by atoms with Crippen LogP contribution in [-0.2, 0) is 17.9 Å². The topological polar surface area (TPSA) is 76.0 Å². The van der Waals surface area contributed by atoms with Crippen molar-refractivity contribution in [1.82, 2.24) is 20.4 Å². The molecule has 0 saturated heterocycles. The Morgan fingerprint density at radius 3 is 2.41 bits per heavy atom. The zero-order valence-corrected chi connectivity index (χ0v) is 17.3. The van der Waals surface area contributed by atoms with Crippen LogP contribution in [0.25, 0.3) is 0 Å². The van der Waals surface area contributed by atoms with E-state index < -0.39 is 5.91 Å². The van der Waals surface area contributed by atoms with Crippen molar-refractivity contribution in [3.8, 4) is 0 Å². The van der Waals surface area contributed by atoms with Gasteiger partial charge in [0.2, 0.25) is 5.91 Å². The van der Waals surface area contributed by atoms with Gasteiger partial charge in [-0.1, -0.05) is 71.7 Å². The monoisotopic (exact) mass is 430 g/mol. The van der Waals surface area contributed by atoms with Gasteiger partial charge in [0.25, 0.3) is 5.91 Å². The Balaban J connectivity index is 1.60. The van der Waals surface area contributed by atoms with Crippen LogP contribution in [0.1, 0.15) is 27.2 Å². The molecule has 0 bridgehead atoms. The minimum atomic E-state index is -0.451. The van der Waals surface area contributed by atoms with Gasteiger partial charge in [-0.05, 0) is 24.1 Å². The van der Waals surface area contributed by atoms with Gasteiger partial charge in [-0.3, -0.25) is 9.59 Å². The number of hydrogen-bond donors (Lipinski definition) is 2. The number of amides is 2. The van der Waals surface area contributed by atoms with Crippen LogP contribution in [0.2, 0.25) is 10.2 Å². The molecule has 1 aromatic heterocycles. The van der Waals surface area contributed by atoms with Crippen LogP contribution in [0, 0.1) is 6.92 Å². The largest absolute Gasteiger partial charge is 0.350 e. The van der Waals surface area contributed by atoms with Crippen molar-refractivity contribution in [3.05, 3.63) is 87.2 Å². The fourth-order valence-electron chi connectivity index (χ4n) is 2.81. The normalized spacial score (nSPS) is 10.6. The lowest BCUT2D eigenvalue weighted by Crippen LogP contribution is -2.36. The van der Waals surface area contributed by atoms with Gasteiger partial charge < -0.3 is 10.6 Å². The average Bonchev–Trinajstić information content (AvgIpc) is 3.00. The van der Waals surface area contributed by atoms with Gasteiger partial charge in [0.05, 0.1) is 24.3 Å². The molecule has 0 aliphatic heterocycles. The molecule has 0 radical (unpaired) electrons. The maximum absolute atomic E-state index is 12.5. The summed E-state index contributed by atoms with van der Waals surface area (Å²) in [5, 5.41) is 10.5. The number of nitrogens with zero attached hydrogens (tertiary/aromatic N) is 2. The molecule has 2 aromatic carbocycles. The van der Waals surface area contributed by atoms with Crippen molar-refractivity contribution in [2.24, 2.45) is 0 Å². The number of carbonyl (C=O) groups excluding carboxylic acids is 2. The van der Waals surface area contributed by atoms with E-state index in [2.05, 4.69) is 15.7 Å². The molecule has 0 aliphatic carbocycles. The highest BCUT2D eigenvalue weighted by Crippen LogP contribution is 2.23. The number of halogens is 2. The van der Waals surface area contributed by atoms with E-state index in [0.29, 0.717) is 23.8 Å². The quantitative estimate of drug-likeness (QED) is 0.601. The van der Waals surface area contributed by atoms with E-state index in [-0.39, 0.29) is 23.2 Å². The summed E-state index contributed by atoms with van der Waals surface area (Å²) >= 11 is 12.6. The summed E-state index contributed by atoms with van der Waals surface area (Å²) in [6, 6.07) is 16.9. The molecule has 0 unspecified atom stereocenters. The van der Waals surface area contributed by atoms with Crippen LogP contribution in [0.4, 0.5) is 0 Å². The number of carbonyl (C=O) groups is 2. The standard InChI is InChI=1S/C21H20Cl2N4O2/c1-14-19(20(23)27(26-14)13-16-9-5-6-10-17(16)22)21(29)25-12-18(28)24-11-15-7-3-2-4-8-15/h2-10H,11-13H2,1H3,(H,24,28)(H,25,29). The number of hydrogen-bond acceptors (Lipinski definition) is 3. The SMILES string of the molecule is Cc1nn(Cc2ccccc2Cl)c(Cl)c1C(=O)NCC(=O)NCc1ccccc1. The molecule has 0 aliphatic rings. The summed E-state index contributed by atoms with van der Waals surface area (Å²) < 4.78 is 1.52. The van der Waals surface area contributed by atoms with Crippen LogP contribution >= 0.6 is 23.2 Å². The molecular formula is C21H20Cl2N4O2. The highest BCUT2D eigenvalue weighted by atomic mass is 35.5. The number of rotatable bonds is 7. The van der Waals surface area contributed by atoms with E-state index in [1.807, 2.05) is 48.5 Å². The summed E-state index contributed by atoms with van der Waals surface area (Å²) in [4.78, 5) is 24.6. The first-order valence-electron chi connectivity index (χ1n) is 9.01. The van der Waals surface area contributed by atoms with Crippen LogP contribution in [-0.4, -0.2) is 28.1 Å². The van der Waals surface area contributed by atoms with E-state index in [1.165, 1.54) is 4.68 Å². The molecule has 0 fully saturated rings. The number of aromatic nitrogens is 2. The number of aryl methyl sites for hydroxylation is 1. The first-order valence-corrected chi connectivity index (χ1v) is 9.76. The van der Waals surface area contributed by atoms with Crippen molar-refractivity contribution < 1.29 is 9.59 Å². The number of benzene rings is 2. The minimum absolute atomic E-state index is 0.156. The number of nitrogens with one attached hydrogen (secondary N) is 2. The fraction of sp³-hybridized carbons (Fsp3) is 0.190. The van der Waals surface area contributed by atoms with E-state index in [4.69, 9.17) is 23.2 Å². The Kier molecular flexibility index (Phi) is 6.90. The molecule has 2 N–H and O–H groups in total. The van der Waals surface area contributed by atoms with E-state index in [9.17, 15) is 9.59 Å². The summed E-state index contributed by atoms with van der Waals surface area (Å²) in [5.74, 6) is -0.743. The second-order valence-electron chi connectivity index (χ2n) is 6.45. The Hall–Kier alpha value is -2.83. The average molecular weight is 431 g/mol. The first kappa shape index (κ1) is 20.9. The second kappa shape index (κ2) is 9.58. The lowest BCUT2D eigenvalue weighted by Gasteiger charge is -2.08. The molecule has 1 heterocycles. The van der Waals surface area contributed by atoms with Gasteiger partial charge in [0, 0.05) is 11.6 Å². The Labute approximate surface area is 178 Å². The Bertz CT molecular complexity index is 1020. The summed E-state index contributed by atoms with van der Waals surface area (Å²) in [6.45, 7) is 2.27. The molecule has 3 aromatic rings. The first-order chi connectivity index (χ1) is 14.0. The lowest BCUT2D eigenvalue weighted by molar-refractivity contribution is -0.120. The summed E-state index contributed by atoms with van der Waals surface area (Å²) in [7, 11) is 0. The van der Waals surface area contributed by atoms with Crippen LogP contribution in [0.15, 0.2) is 54.6 Å². The van der Waals surface area contributed by atoms with E-state index in [0.717, 1.165) is 11.1 Å². The highest BCUT2D eigenvalue weighted by molar-refractivity contribution is 6.33. The van der Waals surface area contributed by atoms with E-state index >= 15 is 0 Å². The maximum Gasteiger partial charge on any atom is 0.256 e. The highest BCUT2D eigenvalue weighted by Gasteiger charge is 2.21. The van der Waals surface area contributed by atoms with Gasteiger partial charge >= 0.3 is 0 Å². The van der Waals surface area contributed by atoms with Crippen molar-refractivity contribution >= 4 is 35.0 Å². The lowest BCUT2D eigenvalue weighted by atomic mass is 10.2. The molecule has 2 amide bonds. The summed E-state index contributed by atoms with van der Waals surface area (Å²) in [6.07, 6.45) is 0. The van der Waals surface area contributed by atoms with Gasteiger partial charge in [-0.15, -0.1) is 0 Å².